The molecule has 1 aliphatic rings. The first-order valence-electron chi connectivity index (χ1n) is 6.34. The van der Waals surface area contributed by atoms with E-state index in [0.29, 0.717) is 19.4 Å². The van der Waals surface area contributed by atoms with Crippen molar-refractivity contribution in [2.24, 2.45) is 5.92 Å². The second-order valence-electron chi connectivity index (χ2n) is 4.67. The average Bonchev–Trinajstić information content (AvgIpc) is 2.29. The van der Waals surface area contributed by atoms with E-state index in [1.54, 1.807) is 13.8 Å². The summed E-state index contributed by atoms with van der Waals surface area (Å²) in [4.78, 5) is 11.9. The van der Waals surface area contributed by atoms with E-state index in [1.165, 1.54) is 0 Å². The first-order chi connectivity index (χ1) is 8.35. The molecule has 0 aromatic rings. The van der Waals surface area contributed by atoms with Crippen molar-refractivity contribution in [1.82, 2.24) is 5.32 Å². The number of alkyl halides is 3. The topological polar surface area (TPSA) is 38.3 Å². The highest BCUT2D eigenvalue weighted by Crippen LogP contribution is 2.42. The smallest absolute Gasteiger partial charge is 0.391 e. The Hall–Kier alpha value is -0.780. The van der Waals surface area contributed by atoms with Crippen LogP contribution >= 0.6 is 0 Å². The summed E-state index contributed by atoms with van der Waals surface area (Å²) in [6, 6.07) is 0. The second-order valence-corrected chi connectivity index (χ2v) is 4.67. The lowest BCUT2D eigenvalue weighted by Crippen LogP contribution is -2.57. The zero-order valence-electron chi connectivity index (χ0n) is 10.8. The average molecular weight is 267 g/mol. The van der Waals surface area contributed by atoms with Gasteiger partial charge in [-0.05, 0) is 32.7 Å². The second kappa shape index (κ2) is 5.91. The van der Waals surface area contributed by atoms with Crippen molar-refractivity contribution in [1.29, 1.82) is 0 Å². The molecule has 0 bridgehead atoms. The Morgan fingerprint density at radius 2 is 2.11 bits per heavy atom. The van der Waals surface area contributed by atoms with Gasteiger partial charge >= 0.3 is 12.1 Å². The van der Waals surface area contributed by atoms with Crippen molar-refractivity contribution < 1.29 is 22.7 Å². The first kappa shape index (κ1) is 15.3. The van der Waals surface area contributed by atoms with Gasteiger partial charge in [0.15, 0.2) is 0 Å². The molecule has 0 radical (unpaired) electrons. The molecular weight excluding hydrogens is 247 g/mol. The van der Waals surface area contributed by atoms with Gasteiger partial charge in [0, 0.05) is 0 Å². The summed E-state index contributed by atoms with van der Waals surface area (Å²) < 4.78 is 43.3. The number of likely N-dealkylation sites (N-methyl/N-ethyl adjacent to an activating group) is 1. The van der Waals surface area contributed by atoms with Crippen LogP contribution in [-0.2, 0) is 9.53 Å². The predicted molar refractivity (Wildman–Crippen MR) is 61.1 cm³/mol. The summed E-state index contributed by atoms with van der Waals surface area (Å²) in [6.07, 6.45) is -3.57. The van der Waals surface area contributed by atoms with Crippen molar-refractivity contribution in [3.63, 3.8) is 0 Å². The van der Waals surface area contributed by atoms with Gasteiger partial charge in [0.05, 0.1) is 12.5 Å². The largest absolute Gasteiger partial charge is 0.465 e. The third kappa shape index (κ3) is 3.37. The highest BCUT2D eigenvalue weighted by Gasteiger charge is 2.51. The van der Waals surface area contributed by atoms with Crippen LogP contribution in [0.1, 0.15) is 39.5 Å². The molecular formula is C12H20F3NO2. The van der Waals surface area contributed by atoms with Crippen LogP contribution in [0, 0.1) is 5.92 Å². The number of carbonyl (C=O) groups is 1. The Morgan fingerprint density at radius 3 is 2.61 bits per heavy atom. The zero-order valence-corrected chi connectivity index (χ0v) is 10.8. The number of ether oxygens (including phenoxy) is 1. The van der Waals surface area contributed by atoms with Crippen molar-refractivity contribution in [2.45, 2.75) is 51.2 Å². The number of hydrogen-bond donors (Lipinski definition) is 1. The van der Waals surface area contributed by atoms with Gasteiger partial charge < -0.3 is 10.1 Å². The minimum Gasteiger partial charge on any atom is -0.465 e. The number of rotatable bonds is 4. The summed E-state index contributed by atoms with van der Waals surface area (Å²) in [5, 5.41) is 2.91. The minimum atomic E-state index is -4.24. The Morgan fingerprint density at radius 1 is 1.44 bits per heavy atom. The standard InChI is InChI=1S/C12H20F3NO2/c1-3-16-11(10(17)18-4-2)7-5-6-9(8-11)12(13,14)15/h9,16H,3-8H2,1-2H3. The molecule has 2 atom stereocenters. The Labute approximate surface area is 105 Å². The summed E-state index contributed by atoms with van der Waals surface area (Å²) >= 11 is 0. The van der Waals surface area contributed by atoms with E-state index in [2.05, 4.69) is 5.32 Å². The maximum Gasteiger partial charge on any atom is 0.391 e. The molecule has 1 aliphatic carbocycles. The monoisotopic (exact) mass is 267 g/mol. The van der Waals surface area contributed by atoms with Crippen LogP contribution in [-0.4, -0.2) is 30.8 Å². The molecule has 6 heteroatoms. The van der Waals surface area contributed by atoms with Crippen molar-refractivity contribution >= 4 is 5.97 Å². The lowest BCUT2D eigenvalue weighted by Gasteiger charge is -2.39. The summed E-state index contributed by atoms with van der Waals surface area (Å²) in [6.45, 7) is 4.06. The van der Waals surface area contributed by atoms with Crippen molar-refractivity contribution in [3.8, 4) is 0 Å². The molecule has 0 amide bonds. The maximum absolute atomic E-state index is 12.8. The lowest BCUT2D eigenvalue weighted by molar-refractivity contribution is -0.192. The van der Waals surface area contributed by atoms with E-state index in [4.69, 9.17) is 4.74 Å². The van der Waals surface area contributed by atoms with Crippen LogP contribution in [0.15, 0.2) is 0 Å². The van der Waals surface area contributed by atoms with Crippen LogP contribution in [0.2, 0.25) is 0 Å². The van der Waals surface area contributed by atoms with Crippen LogP contribution < -0.4 is 5.32 Å². The molecule has 3 nitrogen and oxygen atoms in total. The van der Waals surface area contributed by atoms with Gasteiger partial charge in [-0.2, -0.15) is 13.2 Å². The summed E-state index contributed by atoms with van der Waals surface area (Å²) in [5.74, 6) is -1.98. The molecule has 0 saturated heterocycles. The summed E-state index contributed by atoms with van der Waals surface area (Å²) in [7, 11) is 0. The fraction of sp³-hybridized carbons (Fsp3) is 0.917. The van der Waals surface area contributed by atoms with Crippen molar-refractivity contribution in [3.05, 3.63) is 0 Å². The van der Waals surface area contributed by atoms with Gasteiger partial charge in [-0.25, -0.2) is 0 Å². The van der Waals surface area contributed by atoms with Gasteiger partial charge in [-0.15, -0.1) is 0 Å². The molecule has 1 fully saturated rings. The van der Waals surface area contributed by atoms with E-state index in [0.717, 1.165) is 0 Å². The van der Waals surface area contributed by atoms with E-state index >= 15 is 0 Å². The molecule has 0 aliphatic heterocycles. The van der Waals surface area contributed by atoms with E-state index < -0.39 is 23.6 Å². The number of hydrogen-bond acceptors (Lipinski definition) is 3. The highest BCUT2D eigenvalue weighted by atomic mass is 19.4. The molecule has 2 unspecified atom stereocenters. The molecule has 0 aromatic heterocycles. The SMILES string of the molecule is CCNC1(C(=O)OCC)CCCC(C(F)(F)F)C1. The zero-order chi connectivity index (χ0) is 13.8. The maximum atomic E-state index is 12.8. The molecule has 106 valence electrons. The van der Waals surface area contributed by atoms with E-state index in [9.17, 15) is 18.0 Å². The van der Waals surface area contributed by atoms with Gasteiger partial charge in [0.1, 0.15) is 5.54 Å². The fourth-order valence-corrected chi connectivity index (χ4v) is 2.58. The quantitative estimate of drug-likeness (QED) is 0.796. The third-order valence-electron chi connectivity index (χ3n) is 3.40. The van der Waals surface area contributed by atoms with Gasteiger partial charge in [0.25, 0.3) is 0 Å². The third-order valence-corrected chi connectivity index (χ3v) is 3.40. The first-order valence-corrected chi connectivity index (χ1v) is 6.34. The van der Waals surface area contributed by atoms with Gasteiger partial charge in [-0.1, -0.05) is 13.3 Å². The number of esters is 1. The van der Waals surface area contributed by atoms with Crippen LogP contribution in [0.4, 0.5) is 13.2 Å². The molecule has 0 aromatic carbocycles. The molecule has 0 heterocycles. The lowest BCUT2D eigenvalue weighted by atomic mass is 9.75. The minimum absolute atomic E-state index is 0.0933. The van der Waals surface area contributed by atoms with Gasteiger partial charge in [0.2, 0.25) is 0 Å². The Balaban J connectivity index is 2.86. The Bertz CT molecular complexity index is 290. The molecule has 18 heavy (non-hydrogen) atoms. The normalized spacial score (nSPS) is 29.1. The molecule has 1 saturated carbocycles. The highest BCUT2D eigenvalue weighted by molar-refractivity contribution is 5.81. The van der Waals surface area contributed by atoms with Crippen LogP contribution in [0.5, 0.6) is 0 Å². The predicted octanol–water partition coefficient (Wildman–Crippen LogP) is 2.65. The van der Waals surface area contributed by atoms with E-state index in [-0.39, 0.29) is 19.4 Å². The molecule has 0 spiro atoms. The number of carbonyl (C=O) groups excluding carboxylic acids is 1. The molecule has 1 rings (SSSR count). The Kier molecular flexibility index (Phi) is 5.01. The number of nitrogens with one attached hydrogen (secondary N) is 1. The van der Waals surface area contributed by atoms with E-state index in [1.807, 2.05) is 0 Å². The summed E-state index contributed by atoms with van der Waals surface area (Å²) in [5.41, 5.74) is -1.16. The van der Waals surface area contributed by atoms with Crippen LogP contribution in [0.25, 0.3) is 0 Å². The van der Waals surface area contributed by atoms with Crippen LogP contribution in [0.3, 0.4) is 0 Å². The fourth-order valence-electron chi connectivity index (χ4n) is 2.58. The molecule has 1 N–H and O–H groups in total. The van der Waals surface area contributed by atoms with Crippen molar-refractivity contribution in [2.75, 3.05) is 13.2 Å². The number of halogens is 3. The van der Waals surface area contributed by atoms with Gasteiger partial charge in [-0.3, -0.25) is 4.79 Å².